The molecule has 0 bridgehead atoms. The maximum atomic E-state index is 12.2. The molecule has 0 aliphatic rings. The van der Waals surface area contributed by atoms with Crippen LogP contribution in [-0.2, 0) is 6.42 Å². The van der Waals surface area contributed by atoms with Crippen molar-refractivity contribution in [3.05, 3.63) is 70.1 Å². The minimum absolute atomic E-state index is 0.271. The molecule has 3 rings (SSSR count). The van der Waals surface area contributed by atoms with Crippen molar-refractivity contribution < 1.29 is 4.79 Å². The summed E-state index contributed by atoms with van der Waals surface area (Å²) in [5.41, 5.74) is 3.79. The molecule has 0 spiro atoms. The predicted octanol–water partition coefficient (Wildman–Crippen LogP) is 4.90. The van der Waals surface area contributed by atoms with Crippen molar-refractivity contribution in [3.8, 4) is 0 Å². The number of nitrogens with zero attached hydrogens (tertiary/aromatic N) is 1. The number of amides is 1. The maximum absolute atomic E-state index is 12.2. The predicted molar refractivity (Wildman–Crippen MR) is 97.6 cm³/mol. The van der Waals surface area contributed by atoms with Gasteiger partial charge in [-0.05, 0) is 24.5 Å². The summed E-state index contributed by atoms with van der Waals surface area (Å²) in [6, 6.07) is 17.9. The lowest BCUT2D eigenvalue weighted by Crippen LogP contribution is -2.16. The number of fused-ring (bicyclic) bond motifs is 1. The number of benzene rings is 2. The standard InChI is InChI=1S/C18H15ClN2OS/c19-16-14-10-4-5-11-15(14)23-17(16)18(22)21-20-12-6-9-13-7-2-1-3-8-13/h1-5,7-8,10-12H,6,9H2,(H,21,22)/b20-12-. The summed E-state index contributed by atoms with van der Waals surface area (Å²) in [6.45, 7) is 0. The first-order valence-electron chi connectivity index (χ1n) is 7.28. The number of hydrogen-bond acceptors (Lipinski definition) is 3. The van der Waals surface area contributed by atoms with E-state index in [0.29, 0.717) is 9.90 Å². The van der Waals surface area contributed by atoms with Crippen molar-refractivity contribution in [2.24, 2.45) is 5.10 Å². The largest absolute Gasteiger partial charge is 0.282 e. The van der Waals surface area contributed by atoms with Crippen molar-refractivity contribution in [2.45, 2.75) is 12.8 Å². The highest BCUT2D eigenvalue weighted by atomic mass is 35.5. The lowest BCUT2D eigenvalue weighted by Gasteiger charge is -1.98. The van der Waals surface area contributed by atoms with Gasteiger partial charge in [-0.1, -0.05) is 60.1 Å². The van der Waals surface area contributed by atoms with Gasteiger partial charge in [0.2, 0.25) is 0 Å². The topological polar surface area (TPSA) is 41.5 Å². The number of carbonyl (C=O) groups excluding carboxylic acids is 1. The Morgan fingerprint density at radius 3 is 2.65 bits per heavy atom. The van der Waals surface area contributed by atoms with Gasteiger partial charge < -0.3 is 0 Å². The van der Waals surface area contributed by atoms with Gasteiger partial charge in [0.15, 0.2) is 0 Å². The Morgan fingerprint density at radius 1 is 1.13 bits per heavy atom. The Kier molecular flexibility index (Phi) is 5.05. The van der Waals surface area contributed by atoms with E-state index in [4.69, 9.17) is 11.6 Å². The van der Waals surface area contributed by atoms with Gasteiger partial charge in [0.25, 0.3) is 5.91 Å². The summed E-state index contributed by atoms with van der Waals surface area (Å²) in [5.74, 6) is -0.271. The molecule has 116 valence electrons. The Hall–Kier alpha value is -2.17. The summed E-state index contributed by atoms with van der Waals surface area (Å²) in [4.78, 5) is 12.7. The third-order valence-electron chi connectivity index (χ3n) is 3.40. The Labute approximate surface area is 143 Å². The van der Waals surface area contributed by atoms with Gasteiger partial charge in [0, 0.05) is 16.3 Å². The molecule has 1 aromatic heterocycles. The molecule has 23 heavy (non-hydrogen) atoms. The lowest BCUT2D eigenvalue weighted by atomic mass is 10.1. The van der Waals surface area contributed by atoms with Crippen LogP contribution in [0, 0.1) is 0 Å². The van der Waals surface area contributed by atoms with E-state index in [9.17, 15) is 4.79 Å². The SMILES string of the molecule is O=C(N/N=C\CCc1ccccc1)c1sc2ccccc2c1Cl. The second kappa shape index (κ2) is 7.40. The Balaban J connectivity index is 1.58. The molecule has 3 aromatic rings. The smallest absolute Gasteiger partial charge is 0.266 e. The summed E-state index contributed by atoms with van der Waals surface area (Å²) < 4.78 is 0.996. The highest BCUT2D eigenvalue weighted by Crippen LogP contribution is 2.34. The maximum Gasteiger partial charge on any atom is 0.282 e. The molecule has 1 N–H and O–H groups in total. The number of carbonyl (C=O) groups is 1. The van der Waals surface area contributed by atoms with Gasteiger partial charge in [-0.2, -0.15) is 5.10 Å². The quantitative estimate of drug-likeness (QED) is 0.520. The third kappa shape index (κ3) is 3.78. The molecule has 0 fully saturated rings. The van der Waals surface area contributed by atoms with Crippen LogP contribution < -0.4 is 5.43 Å². The molecule has 0 aliphatic carbocycles. The van der Waals surface area contributed by atoms with Crippen LogP contribution in [0.1, 0.15) is 21.7 Å². The summed E-state index contributed by atoms with van der Waals surface area (Å²) in [5, 5.41) is 5.39. The van der Waals surface area contributed by atoms with E-state index in [1.54, 1.807) is 6.21 Å². The van der Waals surface area contributed by atoms with Crippen LogP contribution >= 0.6 is 22.9 Å². The fourth-order valence-corrected chi connectivity index (χ4v) is 3.66. The molecule has 0 aliphatic heterocycles. The van der Waals surface area contributed by atoms with Crippen LogP contribution in [0.15, 0.2) is 59.7 Å². The van der Waals surface area contributed by atoms with E-state index in [2.05, 4.69) is 22.7 Å². The molecule has 0 saturated heterocycles. The van der Waals surface area contributed by atoms with Crippen molar-refractivity contribution in [1.82, 2.24) is 5.43 Å². The average Bonchev–Trinajstić information content (AvgIpc) is 2.93. The minimum Gasteiger partial charge on any atom is -0.266 e. The van der Waals surface area contributed by atoms with Crippen LogP contribution in [0.5, 0.6) is 0 Å². The molecular weight excluding hydrogens is 328 g/mol. The first-order chi connectivity index (χ1) is 11.3. The van der Waals surface area contributed by atoms with Gasteiger partial charge in [-0.3, -0.25) is 4.79 Å². The molecule has 5 heteroatoms. The van der Waals surface area contributed by atoms with Crippen LogP contribution in [0.4, 0.5) is 0 Å². The van der Waals surface area contributed by atoms with E-state index in [-0.39, 0.29) is 5.91 Å². The van der Waals surface area contributed by atoms with Gasteiger partial charge in [-0.25, -0.2) is 5.43 Å². The summed E-state index contributed by atoms with van der Waals surface area (Å²) >= 11 is 7.64. The fraction of sp³-hybridized carbons (Fsp3) is 0.111. The number of rotatable bonds is 5. The van der Waals surface area contributed by atoms with Gasteiger partial charge >= 0.3 is 0 Å². The zero-order chi connectivity index (χ0) is 16.1. The van der Waals surface area contributed by atoms with Crippen LogP contribution in [0.2, 0.25) is 5.02 Å². The number of thiophene rings is 1. The molecule has 0 radical (unpaired) electrons. The van der Waals surface area contributed by atoms with Crippen molar-refractivity contribution in [1.29, 1.82) is 0 Å². The molecule has 0 atom stereocenters. The van der Waals surface area contributed by atoms with E-state index < -0.39 is 0 Å². The van der Waals surface area contributed by atoms with E-state index in [0.717, 1.165) is 22.9 Å². The number of hydrogen-bond donors (Lipinski definition) is 1. The first-order valence-corrected chi connectivity index (χ1v) is 8.48. The molecule has 2 aromatic carbocycles. The van der Waals surface area contributed by atoms with Gasteiger partial charge in [0.05, 0.1) is 5.02 Å². The second-order valence-electron chi connectivity index (χ2n) is 5.02. The minimum atomic E-state index is -0.271. The monoisotopic (exact) mass is 342 g/mol. The lowest BCUT2D eigenvalue weighted by molar-refractivity contribution is 0.0959. The molecule has 3 nitrogen and oxygen atoms in total. The Bertz CT molecular complexity index is 843. The van der Waals surface area contributed by atoms with Crippen molar-refractivity contribution >= 4 is 45.1 Å². The van der Waals surface area contributed by atoms with Crippen molar-refractivity contribution in [3.63, 3.8) is 0 Å². The zero-order valence-corrected chi connectivity index (χ0v) is 13.9. The average molecular weight is 343 g/mol. The van der Waals surface area contributed by atoms with Crippen molar-refractivity contribution in [2.75, 3.05) is 0 Å². The molecule has 0 unspecified atom stereocenters. The van der Waals surface area contributed by atoms with Gasteiger partial charge in [0.1, 0.15) is 4.88 Å². The first kappa shape index (κ1) is 15.7. The van der Waals surface area contributed by atoms with Crippen LogP contribution in [0.25, 0.3) is 10.1 Å². The van der Waals surface area contributed by atoms with E-state index >= 15 is 0 Å². The number of nitrogens with one attached hydrogen (secondary N) is 1. The highest BCUT2D eigenvalue weighted by Gasteiger charge is 2.16. The molecular formula is C18H15ClN2OS. The summed E-state index contributed by atoms with van der Waals surface area (Å²) in [7, 11) is 0. The third-order valence-corrected chi connectivity index (χ3v) is 5.08. The van der Waals surface area contributed by atoms with E-state index in [1.165, 1.54) is 16.9 Å². The number of hydrazone groups is 1. The molecule has 0 saturated carbocycles. The normalized spacial score (nSPS) is 11.2. The Morgan fingerprint density at radius 2 is 1.87 bits per heavy atom. The zero-order valence-electron chi connectivity index (χ0n) is 12.3. The van der Waals surface area contributed by atoms with Gasteiger partial charge in [-0.15, -0.1) is 11.3 Å². The molecule has 1 amide bonds. The fourth-order valence-electron chi connectivity index (χ4n) is 2.26. The second-order valence-corrected chi connectivity index (χ2v) is 6.45. The number of aryl methyl sites for hydroxylation is 1. The highest BCUT2D eigenvalue weighted by molar-refractivity contribution is 7.21. The number of halogens is 1. The van der Waals surface area contributed by atoms with Crippen LogP contribution in [0.3, 0.4) is 0 Å². The molecule has 1 heterocycles. The van der Waals surface area contributed by atoms with E-state index in [1.807, 2.05) is 42.5 Å². The summed E-state index contributed by atoms with van der Waals surface area (Å²) in [6.07, 6.45) is 3.38. The van der Waals surface area contributed by atoms with Crippen LogP contribution in [-0.4, -0.2) is 12.1 Å².